The van der Waals surface area contributed by atoms with Crippen molar-refractivity contribution in [1.29, 1.82) is 0 Å². The largest absolute Gasteiger partial charge is 0.494 e. The molecule has 0 aliphatic rings. The highest BCUT2D eigenvalue weighted by Crippen LogP contribution is 2.33. The molecule has 1 atom stereocenters. The van der Waals surface area contributed by atoms with Crippen LogP contribution < -0.4 is 10.1 Å². The molecule has 5 nitrogen and oxygen atoms in total. The third-order valence-electron chi connectivity index (χ3n) is 4.24. The van der Waals surface area contributed by atoms with E-state index >= 15 is 0 Å². The van der Waals surface area contributed by atoms with Crippen molar-refractivity contribution >= 4 is 23.0 Å². The highest BCUT2D eigenvalue weighted by molar-refractivity contribution is 6.01. The van der Waals surface area contributed by atoms with E-state index in [2.05, 4.69) is 5.32 Å². The summed E-state index contributed by atoms with van der Waals surface area (Å²) in [5.74, 6) is 0.135. The summed E-state index contributed by atoms with van der Waals surface area (Å²) in [4.78, 5) is 35.7. The molecular formula is C21H33NO4. The Morgan fingerprint density at radius 2 is 1.77 bits per heavy atom. The zero-order valence-electron chi connectivity index (χ0n) is 17.2. The second-order valence-corrected chi connectivity index (χ2v) is 5.95. The fraction of sp³-hybridized carbons (Fsp3) is 0.571. The van der Waals surface area contributed by atoms with Crippen molar-refractivity contribution in [3.05, 3.63) is 23.3 Å². The molecule has 0 fully saturated rings. The number of benzene rings is 1. The number of rotatable bonds is 10. The maximum atomic E-state index is 12.7. The standard InChI is InChI=1S/C19H27NO4.C2H6/c1-6-15-16(9-10-17(20-4)19(15)24-5)18(23)11-14(13(3)22)8-7-12(2)21;1-2/h9-10,14,20H,6-8,11H2,1-5H3;1-2H3. The average molecular weight is 363 g/mol. The summed E-state index contributed by atoms with van der Waals surface area (Å²) in [5, 5.41) is 3.05. The van der Waals surface area contributed by atoms with E-state index in [1.54, 1.807) is 20.2 Å². The highest BCUT2D eigenvalue weighted by atomic mass is 16.5. The van der Waals surface area contributed by atoms with Crippen LogP contribution in [0.5, 0.6) is 5.75 Å². The Hall–Kier alpha value is -2.17. The number of ether oxygens (including phenoxy) is 1. The van der Waals surface area contributed by atoms with E-state index in [1.807, 2.05) is 26.8 Å². The van der Waals surface area contributed by atoms with Gasteiger partial charge in [0.1, 0.15) is 17.3 Å². The number of carbonyl (C=O) groups is 3. The Kier molecular flexibility index (Phi) is 11.2. The number of hydrogen-bond acceptors (Lipinski definition) is 5. The van der Waals surface area contributed by atoms with Gasteiger partial charge >= 0.3 is 0 Å². The van der Waals surface area contributed by atoms with Gasteiger partial charge in [-0.3, -0.25) is 9.59 Å². The van der Waals surface area contributed by atoms with Gasteiger partial charge in [0.2, 0.25) is 0 Å². The van der Waals surface area contributed by atoms with Crippen molar-refractivity contribution in [2.45, 2.75) is 60.3 Å². The first-order valence-electron chi connectivity index (χ1n) is 9.26. The van der Waals surface area contributed by atoms with Crippen LogP contribution in [0.1, 0.15) is 69.8 Å². The molecule has 26 heavy (non-hydrogen) atoms. The van der Waals surface area contributed by atoms with E-state index in [1.165, 1.54) is 13.8 Å². The summed E-state index contributed by atoms with van der Waals surface area (Å²) in [7, 11) is 3.38. The zero-order valence-corrected chi connectivity index (χ0v) is 17.2. The Morgan fingerprint density at radius 1 is 1.15 bits per heavy atom. The molecule has 0 heterocycles. The predicted octanol–water partition coefficient (Wildman–Crippen LogP) is 4.47. The lowest BCUT2D eigenvalue weighted by atomic mass is 9.88. The van der Waals surface area contributed by atoms with Gasteiger partial charge in [0.15, 0.2) is 5.78 Å². The third kappa shape index (κ3) is 6.62. The summed E-state index contributed by atoms with van der Waals surface area (Å²) >= 11 is 0. The number of hydrogen-bond donors (Lipinski definition) is 1. The minimum absolute atomic E-state index is 0.0305. The summed E-state index contributed by atoms with van der Waals surface area (Å²) < 4.78 is 5.45. The van der Waals surface area contributed by atoms with Crippen molar-refractivity contribution in [3.63, 3.8) is 0 Å². The average Bonchev–Trinajstić information content (AvgIpc) is 2.64. The normalized spacial score (nSPS) is 11.0. The lowest BCUT2D eigenvalue weighted by Crippen LogP contribution is -2.18. The van der Waals surface area contributed by atoms with Crippen molar-refractivity contribution in [2.75, 3.05) is 19.5 Å². The Labute approximate surface area is 157 Å². The molecule has 0 radical (unpaired) electrons. The van der Waals surface area contributed by atoms with Gasteiger partial charge in [-0.1, -0.05) is 20.8 Å². The van der Waals surface area contributed by atoms with Gasteiger partial charge in [-0.25, -0.2) is 0 Å². The lowest BCUT2D eigenvalue weighted by Gasteiger charge is -2.18. The molecule has 146 valence electrons. The van der Waals surface area contributed by atoms with Gasteiger partial charge in [-0.2, -0.15) is 0 Å². The van der Waals surface area contributed by atoms with Crippen molar-refractivity contribution in [1.82, 2.24) is 0 Å². The molecule has 0 aliphatic carbocycles. The fourth-order valence-corrected chi connectivity index (χ4v) is 2.83. The first-order valence-corrected chi connectivity index (χ1v) is 9.26. The van der Waals surface area contributed by atoms with E-state index in [4.69, 9.17) is 4.74 Å². The van der Waals surface area contributed by atoms with Crippen LogP contribution in [-0.4, -0.2) is 31.5 Å². The quantitative estimate of drug-likeness (QED) is 0.621. The van der Waals surface area contributed by atoms with Crippen molar-refractivity contribution < 1.29 is 19.1 Å². The molecule has 1 unspecified atom stereocenters. The molecule has 0 saturated carbocycles. The minimum Gasteiger partial charge on any atom is -0.494 e. The second kappa shape index (κ2) is 12.2. The van der Waals surface area contributed by atoms with Crippen LogP contribution in [0.2, 0.25) is 0 Å². The first kappa shape index (κ1) is 23.8. The maximum Gasteiger partial charge on any atom is 0.164 e. The fourth-order valence-electron chi connectivity index (χ4n) is 2.83. The number of anilines is 1. The van der Waals surface area contributed by atoms with Gasteiger partial charge in [-0.05, 0) is 38.8 Å². The Bertz CT molecular complexity index is 623. The van der Waals surface area contributed by atoms with Gasteiger partial charge in [0, 0.05) is 36.9 Å². The molecule has 5 heteroatoms. The van der Waals surface area contributed by atoms with Gasteiger partial charge in [0.05, 0.1) is 12.8 Å². The van der Waals surface area contributed by atoms with Gasteiger partial charge in [-0.15, -0.1) is 0 Å². The molecule has 0 amide bonds. The minimum atomic E-state index is -0.416. The Balaban J connectivity index is 0.00000301. The molecule has 1 aromatic rings. The predicted molar refractivity (Wildman–Crippen MR) is 106 cm³/mol. The van der Waals surface area contributed by atoms with E-state index in [9.17, 15) is 14.4 Å². The number of ketones is 3. The molecule has 1 aromatic carbocycles. The SMILES string of the molecule is CC.CCc1c(C(=O)CC(CCC(C)=O)C(C)=O)ccc(NC)c1OC. The molecule has 0 bridgehead atoms. The van der Waals surface area contributed by atoms with Gasteiger partial charge in [0.25, 0.3) is 0 Å². The summed E-state index contributed by atoms with van der Waals surface area (Å²) in [5.41, 5.74) is 2.25. The zero-order chi connectivity index (χ0) is 20.3. The van der Waals surface area contributed by atoms with E-state index in [0.717, 1.165) is 11.3 Å². The number of Topliss-reactive ketones (excluding diaryl/α,β-unsaturated/α-hetero) is 3. The number of methoxy groups -OCH3 is 1. The number of carbonyl (C=O) groups excluding carboxylic acids is 3. The van der Waals surface area contributed by atoms with Crippen LogP contribution in [0.15, 0.2) is 12.1 Å². The molecule has 0 aromatic heterocycles. The number of nitrogens with one attached hydrogen (secondary N) is 1. The monoisotopic (exact) mass is 363 g/mol. The van der Waals surface area contributed by atoms with Crippen LogP contribution in [0.4, 0.5) is 5.69 Å². The van der Waals surface area contributed by atoms with E-state index in [-0.39, 0.29) is 23.8 Å². The van der Waals surface area contributed by atoms with Crippen molar-refractivity contribution in [3.8, 4) is 5.75 Å². The topological polar surface area (TPSA) is 72.5 Å². The smallest absolute Gasteiger partial charge is 0.164 e. The van der Waals surface area contributed by atoms with Gasteiger partial charge < -0.3 is 14.8 Å². The molecule has 1 N–H and O–H groups in total. The molecule has 0 saturated heterocycles. The first-order chi connectivity index (χ1) is 12.3. The van der Waals surface area contributed by atoms with E-state index < -0.39 is 5.92 Å². The maximum absolute atomic E-state index is 12.7. The summed E-state index contributed by atoms with van der Waals surface area (Å²) in [6, 6.07) is 3.58. The van der Waals surface area contributed by atoms with Crippen molar-refractivity contribution in [2.24, 2.45) is 5.92 Å². The summed E-state index contributed by atoms with van der Waals surface area (Å²) in [6.45, 7) is 8.94. The molecular weight excluding hydrogens is 330 g/mol. The Morgan fingerprint density at radius 3 is 2.19 bits per heavy atom. The van der Waals surface area contributed by atoms with Crippen LogP contribution >= 0.6 is 0 Å². The van der Waals surface area contributed by atoms with E-state index in [0.29, 0.717) is 30.6 Å². The van der Waals surface area contributed by atoms with Crippen LogP contribution in [0.3, 0.4) is 0 Å². The molecule has 1 rings (SSSR count). The molecule has 0 aliphatic heterocycles. The van der Waals surface area contributed by atoms with Crippen LogP contribution in [0, 0.1) is 5.92 Å². The van der Waals surface area contributed by atoms with Crippen LogP contribution in [-0.2, 0) is 16.0 Å². The third-order valence-corrected chi connectivity index (χ3v) is 4.24. The summed E-state index contributed by atoms with van der Waals surface area (Å²) in [6.07, 6.45) is 1.51. The lowest BCUT2D eigenvalue weighted by molar-refractivity contribution is -0.121. The highest BCUT2D eigenvalue weighted by Gasteiger charge is 2.23. The second-order valence-electron chi connectivity index (χ2n) is 5.95. The van der Waals surface area contributed by atoms with Crippen LogP contribution in [0.25, 0.3) is 0 Å². The molecule has 0 spiro atoms.